The molecular formula is C34H29N5O3S. The summed E-state index contributed by atoms with van der Waals surface area (Å²) in [6.45, 7) is 6.83. The zero-order valence-electron chi connectivity index (χ0n) is 23.6. The van der Waals surface area contributed by atoms with E-state index in [4.69, 9.17) is 14.6 Å². The molecule has 0 saturated heterocycles. The molecule has 3 aromatic carbocycles. The van der Waals surface area contributed by atoms with Gasteiger partial charge in [-0.25, -0.2) is 4.68 Å². The lowest BCUT2D eigenvalue weighted by Gasteiger charge is -2.06. The molecule has 8 nitrogen and oxygen atoms in total. The molecule has 0 aliphatic rings. The highest BCUT2D eigenvalue weighted by molar-refractivity contribution is 7.15. The smallest absolute Gasteiger partial charge is 0.291 e. The normalized spacial score (nSPS) is 11.9. The number of hydrogen-bond acceptors (Lipinski definition) is 7. The van der Waals surface area contributed by atoms with Gasteiger partial charge in [0, 0.05) is 17.3 Å². The molecule has 214 valence electrons. The molecule has 0 amide bonds. The van der Waals surface area contributed by atoms with E-state index in [0.717, 1.165) is 46.0 Å². The molecule has 0 saturated carbocycles. The van der Waals surface area contributed by atoms with Crippen LogP contribution in [0.1, 0.15) is 30.3 Å². The molecule has 0 spiro atoms. The lowest BCUT2D eigenvalue weighted by atomic mass is 10.1. The summed E-state index contributed by atoms with van der Waals surface area (Å²) in [7, 11) is 0. The predicted molar refractivity (Wildman–Crippen MR) is 172 cm³/mol. The minimum absolute atomic E-state index is 0.227. The Morgan fingerprint density at radius 2 is 1.77 bits per heavy atom. The van der Waals surface area contributed by atoms with Gasteiger partial charge in [-0.15, -0.1) is 5.10 Å². The molecule has 0 fully saturated rings. The average molecular weight is 588 g/mol. The predicted octanol–water partition coefficient (Wildman–Crippen LogP) is 6.08. The van der Waals surface area contributed by atoms with Crippen molar-refractivity contribution in [2.45, 2.75) is 13.3 Å². The zero-order valence-corrected chi connectivity index (χ0v) is 24.4. The Bertz CT molecular complexity index is 2010. The second-order valence-electron chi connectivity index (χ2n) is 9.67. The van der Waals surface area contributed by atoms with Crippen LogP contribution in [0, 0.1) is 0 Å². The topological polar surface area (TPSA) is 83.5 Å². The Morgan fingerprint density at radius 3 is 2.53 bits per heavy atom. The van der Waals surface area contributed by atoms with Crippen LogP contribution in [0.3, 0.4) is 0 Å². The van der Waals surface area contributed by atoms with Gasteiger partial charge in [0.05, 0.1) is 16.8 Å². The van der Waals surface area contributed by atoms with E-state index in [1.54, 1.807) is 12.2 Å². The van der Waals surface area contributed by atoms with Gasteiger partial charge in [-0.2, -0.15) is 14.6 Å². The van der Waals surface area contributed by atoms with Crippen molar-refractivity contribution in [2.75, 3.05) is 13.2 Å². The fourth-order valence-corrected chi connectivity index (χ4v) is 5.35. The lowest BCUT2D eigenvalue weighted by Crippen LogP contribution is -2.23. The number of rotatable bonds is 11. The number of para-hydroxylation sites is 1. The first-order chi connectivity index (χ1) is 21.1. The summed E-state index contributed by atoms with van der Waals surface area (Å²) < 4.78 is 15.1. The third kappa shape index (κ3) is 6.32. The van der Waals surface area contributed by atoms with Crippen LogP contribution in [0.4, 0.5) is 0 Å². The Balaban J connectivity index is 1.33. The summed E-state index contributed by atoms with van der Waals surface area (Å²) in [5.41, 5.74) is 4.10. The quantitative estimate of drug-likeness (QED) is 0.171. The number of nitrogens with zero attached hydrogens (tertiary/aromatic N) is 5. The second kappa shape index (κ2) is 12.7. The van der Waals surface area contributed by atoms with Crippen LogP contribution in [0.2, 0.25) is 0 Å². The van der Waals surface area contributed by atoms with Gasteiger partial charge in [-0.05, 0) is 60.5 Å². The van der Waals surface area contributed by atoms with Gasteiger partial charge in [0.1, 0.15) is 23.8 Å². The fraction of sp³-hybridized carbons (Fsp3) is 0.118. The third-order valence-electron chi connectivity index (χ3n) is 6.50. The van der Waals surface area contributed by atoms with Crippen molar-refractivity contribution in [3.05, 3.63) is 130 Å². The first kappa shape index (κ1) is 27.9. The molecule has 0 unspecified atom stereocenters. The zero-order chi connectivity index (χ0) is 29.6. The van der Waals surface area contributed by atoms with Crippen LogP contribution in [0.5, 0.6) is 11.5 Å². The van der Waals surface area contributed by atoms with Gasteiger partial charge in [0.2, 0.25) is 4.96 Å². The largest absolute Gasteiger partial charge is 0.494 e. The van der Waals surface area contributed by atoms with Crippen molar-refractivity contribution >= 4 is 34.5 Å². The van der Waals surface area contributed by atoms with Crippen LogP contribution in [0.25, 0.3) is 40.1 Å². The highest BCUT2D eigenvalue weighted by Crippen LogP contribution is 2.28. The minimum Gasteiger partial charge on any atom is -0.494 e. The molecule has 0 radical (unpaired) electrons. The Labute approximate surface area is 252 Å². The first-order valence-corrected chi connectivity index (χ1v) is 14.7. The molecule has 6 aromatic rings. The average Bonchev–Trinajstić information content (AvgIpc) is 3.73. The highest BCUT2D eigenvalue weighted by Gasteiger charge is 2.14. The van der Waals surface area contributed by atoms with E-state index in [1.165, 1.54) is 15.9 Å². The second-order valence-corrected chi connectivity index (χ2v) is 10.7. The maximum Gasteiger partial charge on any atom is 0.291 e. The molecule has 43 heavy (non-hydrogen) atoms. The summed E-state index contributed by atoms with van der Waals surface area (Å²) in [6.07, 6.45) is 10.1. The summed E-state index contributed by atoms with van der Waals surface area (Å²) >= 11 is 1.30. The van der Waals surface area contributed by atoms with Gasteiger partial charge < -0.3 is 9.47 Å². The molecular weight excluding hydrogens is 558 g/mol. The van der Waals surface area contributed by atoms with E-state index in [9.17, 15) is 4.79 Å². The summed E-state index contributed by atoms with van der Waals surface area (Å²) in [4.78, 5) is 18.5. The van der Waals surface area contributed by atoms with Crippen LogP contribution in [0.15, 0.2) is 103 Å². The van der Waals surface area contributed by atoms with Gasteiger partial charge in [0.15, 0.2) is 5.82 Å². The van der Waals surface area contributed by atoms with Crippen LogP contribution >= 0.6 is 11.3 Å². The molecule has 3 aromatic heterocycles. The number of ether oxygens (including phenoxy) is 2. The van der Waals surface area contributed by atoms with Gasteiger partial charge in [-0.1, -0.05) is 79.5 Å². The van der Waals surface area contributed by atoms with Crippen molar-refractivity contribution in [1.29, 1.82) is 0 Å². The summed E-state index contributed by atoms with van der Waals surface area (Å²) in [6, 6.07) is 25.4. The van der Waals surface area contributed by atoms with Crippen molar-refractivity contribution in [3.8, 4) is 28.4 Å². The van der Waals surface area contributed by atoms with Gasteiger partial charge in [0.25, 0.3) is 5.56 Å². The van der Waals surface area contributed by atoms with Crippen molar-refractivity contribution in [1.82, 2.24) is 24.4 Å². The maximum absolute atomic E-state index is 13.4. The third-order valence-corrected chi connectivity index (χ3v) is 7.46. The van der Waals surface area contributed by atoms with E-state index in [0.29, 0.717) is 28.5 Å². The molecule has 0 bridgehead atoms. The monoisotopic (exact) mass is 587 g/mol. The maximum atomic E-state index is 13.4. The Kier molecular flexibility index (Phi) is 8.24. The first-order valence-electron chi connectivity index (χ1n) is 13.9. The van der Waals surface area contributed by atoms with E-state index in [-0.39, 0.29) is 5.56 Å². The summed E-state index contributed by atoms with van der Waals surface area (Å²) in [5, 5.41) is 9.34. The standard InChI is InChI=1S/C34H29N5O3S/c1-3-19-41-28-16-13-24(14-17-28)15-18-31-35-34-39(36-31)33(40)30(43-34)22-26-23-38(27-10-6-5-7-11-27)37-32(26)25-9-8-12-29(21-25)42-20-4-2/h3,5-18,21-23H,1,4,19-20H2,2H3/b18-15+,30-22-. The molecule has 3 heterocycles. The SMILES string of the molecule is C=CCOc1ccc(/C=C/c2nc3s/c(=C\c4cn(-c5ccccc5)nc4-c4cccc(OCCC)c4)c(=O)n3n2)cc1. The number of aromatic nitrogens is 5. The Morgan fingerprint density at radius 1 is 0.930 bits per heavy atom. The molecule has 0 N–H and O–H groups in total. The van der Waals surface area contributed by atoms with E-state index in [1.807, 2.05) is 102 Å². The highest BCUT2D eigenvalue weighted by atomic mass is 32.1. The van der Waals surface area contributed by atoms with Crippen LogP contribution < -0.4 is 19.6 Å². The van der Waals surface area contributed by atoms with E-state index >= 15 is 0 Å². The molecule has 0 atom stereocenters. The van der Waals surface area contributed by atoms with Crippen LogP contribution in [-0.2, 0) is 0 Å². The minimum atomic E-state index is -0.227. The van der Waals surface area contributed by atoms with Crippen molar-refractivity contribution in [2.24, 2.45) is 0 Å². The summed E-state index contributed by atoms with van der Waals surface area (Å²) in [5.74, 6) is 2.01. The Hall–Kier alpha value is -5.28. The van der Waals surface area contributed by atoms with E-state index < -0.39 is 0 Å². The van der Waals surface area contributed by atoms with Crippen LogP contribution in [-0.4, -0.2) is 37.6 Å². The lowest BCUT2D eigenvalue weighted by molar-refractivity contribution is 0.317. The number of benzene rings is 3. The number of fused-ring (bicyclic) bond motifs is 1. The van der Waals surface area contributed by atoms with Crippen molar-refractivity contribution in [3.63, 3.8) is 0 Å². The fourth-order valence-electron chi connectivity index (χ4n) is 4.45. The van der Waals surface area contributed by atoms with E-state index in [2.05, 4.69) is 23.6 Å². The van der Waals surface area contributed by atoms with Gasteiger partial charge in [-0.3, -0.25) is 4.79 Å². The van der Waals surface area contributed by atoms with Gasteiger partial charge >= 0.3 is 0 Å². The number of hydrogen-bond donors (Lipinski definition) is 0. The van der Waals surface area contributed by atoms with Crippen molar-refractivity contribution < 1.29 is 9.47 Å². The molecule has 0 aliphatic carbocycles. The molecule has 6 rings (SSSR count). The molecule has 0 aliphatic heterocycles. The molecule has 9 heteroatoms. The number of thiazole rings is 1.